The summed E-state index contributed by atoms with van der Waals surface area (Å²) in [6, 6.07) is 7.89. The molecular weight excluding hydrogens is 232 g/mol. The SMILES string of the molecule is C=C[C@@H]1CC1C(=O)NSc1ccccc1NC. The molecule has 0 spiro atoms. The molecule has 1 aliphatic rings. The molecule has 0 aliphatic heterocycles. The fraction of sp³-hybridized carbons (Fsp3) is 0.308. The zero-order valence-corrected chi connectivity index (χ0v) is 10.6. The highest BCUT2D eigenvalue weighted by Gasteiger charge is 2.40. The Kier molecular flexibility index (Phi) is 3.74. The number of benzene rings is 1. The molecule has 1 fully saturated rings. The van der Waals surface area contributed by atoms with Crippen LogP contribution in [0.25, 0.3) is 0 Å². The predicted octanol–water partition coefficient (Wildman–Crippen LogP) is 2.67. The number of allylic oxidation sites excluding steroid dienone is 1. The van der Waals surface area contributed by atoms with Gasteiger partial charge in [-0.3, -0.25) is 9.52 Å². The van der Waals surface area contributed by atoms with Crippen LogP contribution in [0.5, 0.6) is 0 Å². The van der Waals surface area contributed by atoms with Gasteiger partial charge < -0.3 is 5.32 Å². The first-order chi connectivity index (χ1) is 8.26. The standard InChI is InChI=1S/C13H16N2OS/c1-3-9-8-10(9)13(16)15-17-12-7-5-4-6-11(12)14-2/h3-7,9-10,14H,1,8H2,2H3,(H,15,16)/t9-,10?/m1/s1. The number of para-hydroxylation sites is 1. The summed E-state index contributed by atoms with van der Waals surface area (Å²) in [6.07, 6.45) is 2.79. The topological polar surface area (TPSA) is 41.1 Å². The quantitative estimate of drug-likeness (QED) is 0.622. The highest BCUT2D eigenvalue weighted by atomic mass is 32.2. The number of anilines is 1. The third-order valence-electron chi connectivity index (χ3n) is 2.90. The lowest BCUT2D eigenvalue weighted by atomic mass is 10.3. The van der Waals surface area contributed by atoms with E-state index in [1.807, 2.05) is 37.4 Å². The number of amides is 1. The molecule has 0 radical (unpaired) electrons. The zero-order valence-electron chi connectivity index (χ0n) is 9.77. The minimum Gasteiger partial charge on any atom is -0.387 e. The second-order valence-corrected chi connectivity index (χ2v) is 4.90. The third kappa shape index (κ3) is 2.82. The average Bonchev–Trinajstić information content (AvgIpc) is 3.15. The summed E-state index contributed by atoms with van der Waals surface area (Å²) < 4.78 is 2.89. The van der Waals surface area contributed by atoms with Crippen molar-refractivity contribution in [3.05, 3.63) is 36.9 Å². The summed E-state index contributed by atoms with van der Waals surface area (Å²) in [5.41, 5.74) is 1.02. The van der Waals surface area contributed by atoms with Crippen LogP contribution in [0.4, 0.5) is 5.69 Å². The Labute approximate surface area is 106 Å². The van der Waals surface area contributed by atoms with E-state index in [-0.39, 0.29) is 11.8 Å². The van der Waals surface area contributed by atoms with E-state index < -0.39 is 0 Å². The lowest BCUT2D eigenvalue weighted by Crippen LogP contribution is -2.18. The van der Waals surface area contributed by atoms with Gasteiger partial charge in [0.2, 0.25) is 5.91 Å². The molecule has 2 atom stereocenters. The van der Waals surface area contributed by atoms with Gasteiger partial charge in [-0.05, 0) is 36.4 Å². The molecule has 0 aromatic heterocycles. The first-order valence-corrected chi connectivity index (χ1v) is 6.44. The van der Waals surface area contributed by atoms with Crippen molar-refractivity contribution >= 4 is 23.5 Å². The maximum absolute atomic E-state index is 11.7. The Hall–Kier alpha value is -1.42. The summed E-state index contributed by atoms with van der Waals surface area (Å²) in [7, 11) is 1.87. The predicted molar refractivity (Wildman–Crippen MR) is 71.8 cm³/mol. The highest BCUT2D eigenvalue weighted by Crippen LogP contribution is 2.40. The van der Waals surface area contributed by atoms with Gasteiger partial charge in [-0.2, -0.15) is 0 Å². The van der Waals surface area contributed by atoms with Gasteiger partial charge in [-0.25, -0.2) is 0 Å². The van der Waals surface area contributed by atoms with Gasteiger partial charge in [-0.1, -0.05) is 18.2 Å². The molecule has 3 nitrogen and oxygen atoms in total. The fourth-order valence-corrected chi connectivity index (χ4v) is 2.51. The van der Waals surface area contributed by atoms with E-state index in [0.717, 1.165) is 17.0 Å². The largest absolute Gasteiger partial charge is 0.387 e. The van der Waals surface area contributed by atoms with Gasteiger partial charge in [0.1, 0.15) is 0 Å². The van der Waals surface area contributed by atoms with E-state index >= 15 is 0 Å². The van der Waals surface area contributed by atoms with Gasteiger partial charge in [0.05, 0.1) is 4.90 Å². The maximum Gasteiger partial charge on any atom is 0.233 e. The Morgan fingerprint density at radius 3 is 2.94 bits per heavy atom. The van der Waals surface area contributed by atoms with Crippen LogP contribution >= 0.6 is 11.9 Å². The van der Waals surface area contributed by atoms with Gasteiger partial charge in [-0.15, -0.1) is 6.58 Å². The molecule has 2 rings (SSSR count). The molecule has 0 heterocycles. The first kappa shape index (κ1) is 12.0. The second kappa shape index (κ2) is 5.27. The molecule has 1 aliphatic carbocycles. The van der Waals surface area contributed by atoms with Crippen LogP contribution in [0.2, 0.25) is 0 Å². The number of carbonyl (C=O) groups is 1. The van der Waals surface area contributed by atoms with Crippen LogP contribution in [0, 0.1) is 11.8 Å². The molecular formula is C13H16N2OS. The van der Waals surface area contributed by atoms with Crippen molar-refractivity contribution in [3.8, 4) is 0 Å². The summed E-state index contributed by atoms with van der Waals surface area (Å²) in [5, 5.41) is 3.10. The number of carbonyl (C=O) groups excluding carboxylic acids is 1. The van der Waals surface area contributed by atoms with Gasteiger partial charge in [0, 0.05) is 18.7 Å². The van der Waals surface area contributed by atoms with Crippen molar-refractivity contribution in [1.29, 1.82) is 0 Å². The maximum atomic E-state index is 11.7. The molecule has 2 N–H and O–H groups in total. The monoisotopic (exact) mass is 248 g/mol. The normalized spacial score (nSPS) is 21.7. The van der Waals surface area contributed by atoms with Crippen LogP contribution < -0.4 is 10.0 Å². The van der Waals surface area contributed by atoms with E-state index in [9.17, 15) is 4.79 Å². The van der Waals surface area contributed by atoms with E-state index in [4.69, 9.17) is 0 Å². The molecule has 1 saturated carbocycles. The van der Waals surface area contributed by atoms with E-state index in [1.54, 1.807) is 0 Å². The number of rotatable bonds is 5. The molecule has 1 unspecified atom stereocenters. The van der Waals surface area contributed by atoms with Gasteiger partial charge >= 0.3 is 0 Å². The molecule has 4 heteroatoms. The molecule has 0 bridgehead atoms. The first-order valence-electron chi connectivity index (χ1n) is 5.62. The number of hydrogen-bond acceptors (Lipinski definition) is 3. The van der Waals surface area contributed by atoms with Crippen LogP contribution in [0.3, 0.4) is 0 Å². The minimum atomic E-state index is 0.103. The van der Waals surface area contributed by atoms with Crippen molar-refractivity contribution in [3.63, 3.8) is 0 Å². The van der Waals surface area contributed by atoms with Crippen molar-refractivity contribution in [2.24, 2.45) is 11.8 Å². The fourth-order valence-electron chi connectivity index (χ4n) is 1.72. The van der Waals surface area contributed by atoms with Crippen LogP contribution in [0.15, 0.2) is 41.8 Å². The van der Waals surface area contributed by atoms with Crippen molar-refractivity contribution in [2.45, 2.75) is 11.3 Å². The molecule has 90 valence electrons. The lowest BCUT2D eigenvalue weighted by Gasteiger charge is -2.08. The average molecular weight is 248 g/mol. The van der Waals surface area contributed by atoms with Crippen molar-refractivity contribution in [2.75, 3.05) is 12.4 Å². The van der Waals surface area contributed by atoms with E-state index in [2.05, 4.69) is 16.6 Å². The Morgan fingerprint density at radius 2 is 2.29 bits per heavy atom. The van der Waals surface area contributed by atoms with Gasteiger partial charge in [0.15, 0.2) is 0 Å². The van der Waals surface area contributed by atoms with E-state index in [0.29, 0.717) is 5.92 Å². The molecule has 1 aromatic carbocycles. The van der Waals surface area contributed by atoms with Crippen LogP contribution in [-0.4, -0.2) is 13.0 Å². The van der Waals surface area contributed by atoms with Crippen LogP contribution in [0.1, 0.15) is 6.42 Å². The Morgan fingerprint density at radius 1 is 1.53 bits per heavy atom. The Balaban J connectivity index is 1.89. The number of nitrogens with one attached hydrogen (secondary N) is 2. The third-order valence-corrected chi connectivity index (χ3v) is 3.78. The highest BCUT2D eigenvalue weighted by molar-refractivity contribution is 7.98. The summed E-state index contributed by atoms with van der Waals surface area (Å²) in [5.74, 6) is 0.600. The summed E-state index contributed by atoms with van der Waals surface area (Å²) in [4.78, 5) is 12.8. The summed E-state index contributed by atoms with van der Waals surface area (Å²) in [6.45, 7) is 3.70. The molecule has 1 aromatic rings. The smallest absolute Gasteiger partial charge is 0.233 e. The minimum absolute atomic E-state index is 0.103. The molecule has 17 heavy (non-hydrogen) atoms. The lowest BCUT2D eigenvalue weighted by molar-refractivity contribution is -0.120. The molecule has 1 amide bonds. The summed E-state index contributed by atoms with van der Waals surface area (Å²) >= 11 is 1.36. The van der Waals surface area contributed by atoms with Gasteiger partial charge in [0.25, 0.3) is 0 Å². The Bertz CT molecular complexity index is 433. The zero-order chi connectivity index (χ0) is 12.3. The number of hydrogen-bond donors (Lipinski definition) is 2. The second-order valence-electron chi connectivity index (χ2n) is 4.06. The van der Waals surface area contributed by atoms with E-state index in [1.165, 1.54) is 11.9 Å². The van der Waals surface area contributed by atoms with Crippen molar-refractivity contribution < 1.29 is 4.79 Å². The van der Waals surface area contributed by atoms with Crippen molar-refractivity contribution in [1.82, 2.24) is 4.72 Å². The van der Waals surface area contributed by atoms with Crippen LogP contribution in [-0.2, 0) is 4.79 Å². The molecule has 0 saturated heterocycles.